The summed E-state index contributed by atoms with van der Waals surface area (Å²) >= 11 is 12.1. The van der Waals surface area contributed by atoms with Crippen molar-refractivity contribution in [2.75, 3.05) is 5.73 Å². The topological polar surface area (TPSA) is 54.7 Å². The Bertz CT molecular complexity index is 691. The Kier molecular flexibility index (Phi) is 3.44. The second kappa shape index (κ2) is 4.76. The van der Waals surface area contributed by atoms with Crippen molar-refractivity contribution in [3.05, 3.63) is 44.8 Å². The Morgan fingerprint density at radius 3 is 2.21 bits per heavy atom. The third-order valence-electron chi connectivity index (χ3n) is 3.07. The zero-order chi connectivity index (χ0) is 14.3. The molecule has 1 aromatic heterocycles. The lowest BCUT2D eigenvalue weighted by Crippen LogP contribution is -2.04. The van der Waals surface area contributed by atoms with Gasteiger partial charge in [-0.15, -0.1) is 0 Å². The van der Waals surface area contributed by atoms with E-state index in [0.717, 1.165) is 23.4 Å². The molecule has 3 nitrogen and oxygen atoms in total. The highest BCUT2D eigenvalue weighted by atomic mass is 35.5. The van der Waals surface area contributed by atoms with Crippen LogP contribution in [0.4, 0.5) is 10.2 Å². The van der Waals surface area contributed by atoms with Gasteiger partial charge in [0.25, 0.3) is 0 Å². The zero-order valence-corrected chi connectivity index (χ0v) is 11.8. The molecule has 1 heterocycles. The Morgan fingerprint density at radius 2 is 1.79 bits per heavy atom. The maximum absolute atomic E-state index is 13.2. The highest BCUT2D eigenvalue weighted by Gasteiger charge is 2.20. The van der Waals surface area contributed by atoms with E-state index in [1.54, 1.807) is 18.4 Å². The number of halogens is 3. The molecule has 1 aromatic carbocycles. The Hall–Kier alpha value is -1.70. The molecule has 0 spiro atoms. The molecule has 0 aliphatic carbocycles. The largest absolute Gasteiger partial charge is 0.384 e. The van der Waals surface area contributed by atoms with E-state index in [4.69, 9.17) is 34.2 Å². The van der Waals surface area contributed by atoms with Crippen molar-refractivity contribution in [2.24, 2.45) is 0 Å². The zero-order valence-electron chi connectivity index (χ0n) is 10.3. The molecule has 0 saturated carbocycles. The van der Waals surface area contributed by atoms with E-state index >= 15 is 0 Å². The van der Waals surface area contributed by atoms with Crippen LogP contribution in [-0.2, 0) is 0 Å². The Morgan fingerprint density at radius 1 is 1.26 bits per heavy atom. The predicted octanol–water partition coefficient (Wildman–Crippen LogP) is 3.99. The molecule has 0 aliphatic rings. The molecule has 0 bridgehead atoms. The fourth-order valence-electron chi connectivity index (χ4n) is 2.01. The number of nitrogens with zero attached hydrogens (tertiary/aromatic N) is 2. The van der Waals surface area contributed by atoms with Gasteiger partial charge in [0.1, 0.15) is 17.7 Å². The van der Waals surface area contributed by atoms with E-state index < -0.39 is 5.82 Å². The van der Waals surface area contributed by atoms with Crippen LogP contribution in [0.3, 0.4) is 0 Å². The van der Waals surface area contributed by atoms with Crippen molar-refractivity contribution in [1.29, 1.82) is 5.26 Å². The number of hydrogen-bond acceptors (Lipinski definition) is 2. The van der Waals surface area contributed by atoms with Crippen molar-refractivity contribution in [1.82, 2.24) is 4.57 Å². The number of anilines is 1. The maximum atomic E-state index is 13.2. The van der Waals surface area contributed by atoms with Crippen LogP contribution < -0.4 is 5.73 Å². The minimum Gasteiger partial charge on any atom is -0.384 e. The standard InChI is InChI=1S/C13H10Cl2FN3/c1-6-7(2)19(13(18)9(6)5-17)12-10(14)3-8(16)4-11(12)15/h3-4H,18H2,1-2H3. The molecular formula is C13H10Cl2FN3. The Labute approximate surface area is 120 Å². The van der Waals surface area contributed by atoms with E-state index in [1.165, 1.54) is 0 Å². The fraction of sp³-hybridized carbons (Fsp3) is 0.154. The van der Waals surface area contributed by atoms with Crippen LogP contribution in [0.5, 0.6) is 0 Å². The van der Waals surface area contributed by atoms with Gasteiger partial charge in [-0.2, -0.15) is 5.26 Å². The molecule has 2 aromatic rings. The number of nitriles is 1. The molecule has 2 rings (SSSR count). The minimum absolute atomic E-state index is 0.138. The molecule has 0 saturated heterocycles. The van der Waals surface area contributed by atoms with Crippen molar-refractivity contribution < 1.29 is 4.39 Å². The second-order valence-corrected chi connectivity index (χ2v) is 4.95. The summed E-state index contributed by atoms with van der Waals surface area (Å²) in [6.07, 6.45) is 0. The van der Waals surface area contributed by atoms with E-state index in [1.807, 2.05) is 6.07 Å². The maximum Gasteiger partial charge on any atom is 0.126 e. The molecule has 0 radical (unpaired) electrons. The average molecular weight is 298 g/mol. The molecule has 0 aliphatic heterocycles. The second-order valence-electron chi connectivity index (χ2n) is 4.14. The lowest BCUT2D eigenvalue weighted by atomic mass is 10.2. The summed E-state index contributed by atoms with van der Waals surface area (Å²) in [5.74, 6) is -0.285. The molecule has 98 valence electrons. The number of nitrogens with two attached hydrogens (primary N) is 1. The highest BCUT2D eigenvalue weighted by molar-refractivity contribution is 6.37. The normalized spacial score (nSPS) is 10.5. The molecule has 0 unspecified atom stereocenters. The molecule has 0 atom stereocenters. The van der Waals surface area contributed by atoms with E-state index in [2.05, 4.69) is 0 Å². The summed E-state index contributed by atoms with van der Waals surface area (Å²) in [4.78, 5) is 0. The number of nitrogen functional groups attached to an aromatic ring is 1. The number of aromatic nitrogens is 1. The molecule has 0 fully saturated rings. The Balaban J connectivity index is 2.85. The molecule has 6 heteroatoms. The van der Waals surface area contributed by atoms with Crippen LogP contribution in [-0.4, -0.2) is 4.57 Å². The van der Waals surface area contributed by atoms with E-state index in [-0.39, 0.29) is 15.9 Å². The van der Waals surface area contributed by atoms with Crippen molar-refractivity contribution >= 4 is 29.0 Å². The van der Waals surface area contributed by atoms with Gasteiger partial charge < -0.3 is 5.73 Å². The predicted molar refractivity (Wildman–Crippen MR) is 74.3 cm³/mol. The van der Waals surface area contributed by atoms with Crippen LogP contribution in [0.25, 0.3) is 5.69 Å². The number of hydrogen-bond donors (Lipinski definition) is 1. The van der Waals surface area contributed by atoms with Crippen LogP contribution in [0.1, 0.15) is 16.8 Å². The van der Waals surface area contributed by atoms with Gasteiger partial charge in [0.2, 0.25) is 0 Å². The van der Waals surface area contributed by atoms with Crippen molar-refractivity contribution in [2.45, 2.75) is 13.8 Å². The summed E-state index contributed by atoms with van der Waals surface area (Å²) < 4.78 is 14.8. The first-order chi connectivity index (χ1) is 8.88. The van der Waals surface area contributed by atoms with Gasteiger partial charge in [-0.25, -0.2) is 4.39 Å². The van der Waals surface area contributed by atoms with Gasteiger partial charge in [0, 0.05) is 5.69 Å². The summed E-state index contributed by atoms with van der Waals surface area (Å²) in [6, 6.07) is 4.35. The summed E-state index contributed by atoms with van der Waals surface area (Å²) in [5.41, 5.74) is 8.19. The average Bonchev–Trinajstić information content (AvgIpc) is 2.52. The van der Waals surface area contributed by atoms with Gasteiger partial charge in [0.05, 0.1) is 21.3 Å². The minimum atomic E-state index is -0.528. The van der Waals surface area contributed by atoms with Crippen LogP contribution in [0.2, 0.25) is 10.0 Å². The van der Waals surface area contributed by atoms with Gasteiger partial charge >= 0.3 is 0 Å². The smallest absolute Gasteiger partial charge is 0.126 e. The lowest BCUT2D eigenvalue weighted by Gasteiger charge is -2.13. The molecule has 19 heavy (non-hydrogen) atoms. The van der Waals surface area contributed by atoms with Crippen molar-refractivity contribution in [3.63, 3.8) is 0 Å². The summed E-state index contributed by atoms with van der Waals surface area (Å²) in [7, 11) is 0. The first-order valence-corrected chi connectivity index (χ1v) is 6.16. The lowest BCUT2D eigenvalue weighted by molar-refractivity contribution is 0.627. The van der Waals surface area contributed by atoms with E-state index in [9.17, 15) is 4.39 Å². The van der Waals surface area contributed by atoms with Crippen molar-refractivity contribution in [3.8, 4) is 11.8 Å². The van der Waals surface area contributed by atoms with Gasteiger partial charge in [-0.3, -0.25) is 4.57 Å². The first kappa shape index (κ1) is 13.7. The van der Waals surface area contributed by atoms with Crippen LogP contribution >= 0.6 is 23.2 Å². The monoisotopic (exact) mass is 297 g/mol. The third kappa shape index (κ3) is 2.05. The summed E-state index contributed by atoms with van der Waals surface area (Å²) in [6.45, 7) is 3.58. The van der Waals surface area contributed by atoms with Gasteiger partial charge in [0.15, 0.2) is 0 Å². The molecular weight excluding hydrogens is 288 g/mol. The molecule has 0 amide bonds. The first-order valence-electron chi connectivity index (χ1n) is 5.40. The highest BCUT2D eigenvalue weighted by Crippen LogP contribution is 2.35. The number of benzene rings is 1. The summed E-state index contributed by atoms with van der Waals surface area (Å²) in [5, 5.41) is 9.37. The van der Waals surface area contributed by atoms with Crippen LogP contribution in [0, 0.1) is 31.0 Å². The van der Waals surface area contributed by atoms with Crippen LogP contribution in [0.15, 0.2) is 12.1 Å². The number of rotatable bonds is 1. The van der Waals surface area contributed by atoms with Gasteiger partial charge in [-0.05, 0) is 31.5 Å². The van der Waals surface area contributed by atoms with E-state index in [0.29, 0.717) is 11.3 Å². The van der Waals surface area contributed by atoms with Gasteiger partial charge in [-0.1, -0.05) is 23.2 Å². The molecule has 2 N–H and O–H groups in total. The fourth-order valence-corrected chi connectivity index (χ4v) is 2.64. The SMILES string of the molecule is Cc1c(C#N)c(N)n(-c2c(Cl)cc(F)cc2Cl)c1C. The quantitative estimate of drug-likeness (QED) is 0.865. The third-order valence-corrected chi connectivity index (χ3v) is 3.64.